The minimum Gasteiger partial charge on any atom is -0.497 e. The molecule has 5 nitrogen and oxygen atoms in total. The van der Waals surface area contributed by atoms with Crippen molar-refractivity contribution in [3.05, 3.63) is 41.7 Å². The Morgan fingerprint density at radius 1 is 1.32 bits per heavy atom. The van der Waals surface area contributed by atoms with Crippen LogP contribution in [0.4, 0.5) is 11.6 Å². The topological polar surface area (TPSA) is 59.1 Å². The molecular weight excluding hydrogens is 264 g/mol. The molecule has 19 heavy (non-hydrogen) atoms. The van der Waals surface area contributed by atoms with E-state index in [-0.39, 0.29) is 12.4 Å². The fourth-order valence-corrected chi connectivity index (χ4v) is 1.95. The maximum absolute atomic E-state index is 5.18. The van der Waals surface area contributed by atoms with E-state index in [1.807, 2.05) is 30.5 Å². The molecule has 0 amide bonds. The molecule has 0 unspecified atom stereocenters. The molecule has 100 valence electrons. The van der Waals surface area contributed by atoms with E-state index in [9.17, 15) is 0 Å². The van der Waals surface area contributed by atoms with Crippen LogP contribution in [0, 0.1) is 0 Å². The maximum atomic E-state index is 5.18. The highest BCUT2D eigenvalue weighted by Crippen LogP contribution is 2.20. The summed E-state index contributed by atoms with van der Waals surface area (Å²) in [4.78, 5) is 8.78. The number of nitrogens with one attached hydrogen (secondary N) is 2. The van der Waals surface area contributed by atoms with E-state index >= 15 is 0 Å². The second-order valence-corrected chi connectivity index (χ2v) is 4.13. The van der Waals surface area contributed by atoms with E-state index in [1.165, 1.54) is 5.56 Å². The largest absolute Gasteiger partial charge is 0.497 e. The molecule has 2 heterocycles. The summed E-state index contributed by atoms with van der Waals surface area (Å²) in [7, 11) is 1.65. The zero-order chi connectivity index (χ0) is 12.4. The molecule has 1 aromatic heterocycles. The van der Waals surface area contributed by atoms with Crippen molar-refractivity contribution >= 4 is 24.0 Å². The highest BCUT2D eigenvalue weighted by Gasteiger charge is 2.12. The van der Waals surface area contributed by atoms with E-state index in [2.05, 4.69) is 20.6 Å². The van der Waals surface area contributed by atoms with Crippen LogP contribution in [0.25, 0.3) is 0 Å². The first-order valence-corrected chi connectivity index (χ1v) is 5.82. The third-order valence-corrected chi connectivity index (χ3v) is 2.89. The molecule has 6 heteroatoms. The number of hydrogen-bond donors (Lipinski definition) is 2. The summed E-state index contributed by atoms with van der Waals surface area (Å²) in [5.41, 5.74) is 3.15. The number of halogens is 1. The van der Waals surface area contributed by atoms with E-state index < -0.39 is 0 Å². The third kappa shape index (κ3) is 2.94. The lowest BCUT2D eigenvalue weighted by Gasteiger charge is -2.07. The average Bonchev–Trinajstić information content (AvgIpc) is 2.86. The molecule has 0 saturated heterocycles. The Kier molecular flexibility index (Phi) is 4.19. The summed E-state index contributed by atoms with van der Waals surface area (Å²) in [6.45, 7) is 1.67. The van der Waals surface area contributed by atoms with Crippen LogP contribution >= 0.6 is 12.4 Å². The van der Waals surface area contributed by atoms with Gasteiger partial charge in [-0.1, -0.05) is 6.07 Å². The Balaban J connectivity index is 0.00000133. The molecule has 0 saturated carbocycles. The summed E-state index contributed by atoms with van der Waals surface area (Å²) in [6, 6.07) is 7.70. The number of benzene rings is 1. The number of rotatable bonds is 3. The van der Waals surface area contributed by atoms with Gasteiger partial charge < -0.3 is 15.4 Å². The van der Waals surface area contributed by atoms with Gasteiger partial charge >= 0.3 is 0 Å². The van der Waals surface area contributed by atoms with E-state index in [1.54, 1.807) is 7.11 Å². The molecule has 1 aliphatic rings. The van der Waals surface area contributed by atoms with Gasteiger partial charge in [-0.2, -0.15) is 0 Å². The minimum atomic E-state index is 0. The number of fused-ring (bicyclic) bond motifs is 1. The predicted octanol–water partition coefficient (Wildman–Crippen LogP) is 2.25. The first-order valence-electron chi connectivity index (χ1n) is 5.82. The predicted molar refractivity (Wildman–Crippen MR) is 76.1 cm³/mol. The fraction of sp³-hybridized carbons (Fsp3) is 0.231. The quantitative estimate of drug-likeness (QED) is 0.902. The van der Waals surface area contributed by atoms with Crippen LogP contribution < -0.4 is 15.4 Å². The third-order valence-electron chi connectivity index (χ3n) is 2.89. The SMILES string of the molecule is COc1cccc(Nc2ncc3c(n2)CNC3)c1.Cl. The van der Waals surface area contributed by atoms with Crippen molar-refractivity contribution in [3.63, 3.8) is 0 Å². The smallest absolute Gasteiger partial charge is 0.227 e. The van der Waals surface area contributed by atoms with Crippen molar-refractivity contribution in [1.29, 1.82) is 0 Å². The Bertz CT molecular complexity index is 576. The van der Waals surface area contributed by atoms with E-state index in [4.69, 9.17) is 4.74 Å². The number of methoxy groups -OCH3 is 1. The highest BCUT2D eigenvalue weighted by molar-refractivity contribution is 5.85. The van der Waals surface area contributed by atoms with Crippen LogP contribution in [0.5, 0.6) is 5.75 Å². The number of hydrogen-bond acceptors (Lipinski definition) is 5. The van der Waals surface area contributed by atoms with Gasteiger partial charge in [0.1, 0.15) is 5.75 Å². The first kappa shape index (κ1) is 13.6. The molecule has 0 spiro atoms. The highest BCUT2D eigenvalue weighted by atomic mass is 35.5. The molecule has 3 rings (SSSR count). The molecule has 0 aliphatic carbocycles. The summed E-state index contributed by atoms with van der Waals surface area (Å²) < 4.78 is 5.18. The summed E-state index contributed by atoms with van der Waals surface area (Å²) >= 11 is 0. The van der Waals surface area contributed by atoms with E-state index in [0.717, 1.165) is 30.2 Å². The standard InChI is InChI=1S/C13H14N4O.ClH/c1-18-11-4-2-3-10(5-11)16-13-15-7-9-6-14-8-12(9)17-13;/h2-5,7,14H,6,8H2,1H3,(H,15,16,17);1H. The van der Waals surface area contributed by atoms with Crippen molar-refractivity contribution in [2.24, 2.45) is 0 Å². The Hall–Kier alpha value is -1.85. The van der Waals surface area contributed by atoms with Gasteiger partial charge in [0.2, 0.25) is 5.95 Å². The van der Waals surface area contributed by atoms with Crippen LogP contribution in [0.3, 0.4) is 0 Å². The summed E-state index contributed by atoms with van der Waals surface area (Å²) in [5.74, 6) is 1.42. The number of anilines is 2. The number of ether oxygens (including phenoxy) is 1. The zero-order valence-corrected chi connectivity index (χ0v) is 11.3. The van der Waals surface area contributed by atoms with Crippen LogP contribution in [0.1, 0.15) is 11.3 Å². The lowest BCUT2D eigenvalue weighted by Crippen LogP contribution is -2.01. The molecule has 0 atom stereocenters. The van der Waals surface area contributed by atoms with Crippen LogP contribution in [-0.4, -0.2) is 17.1 Å². The van der Waals surface area contributed by atoms with Gasteiger partial charge in [0, 0.05) is 36.6 Å². The Morgan fingerprint density at radius 2 is 2.21 bits per heavy atom. The molecule has 2 aromatic rings. The normalized spacial score (nSPS) is 12.5. The molecule has 0 fully saturated rings. The lowest BCUT2D eigenvalue weighted by molar-refractivity contribution is 0.415. The van der Waals surface area contributed by atoms with Crippen molar-refractivity contribution in [2.75, 3.05) is 12.4 Å². The van der Waals surface area contributed by atoms with Crippen molar-refractivity contribution in [3.8, 4) is 5.75 Å². The maximum Gasteiger partial charge on any atom is 0.227 e. The van der Waals surface area contributed by atoms with Crippen LogP contribution in [0.2, 0.25) is 0 Å². The van der Waals surface area contributed by atoms with Gasteiger partial charge in [-0.3, -0.25) is 0 Å². The van der Waals surface area contributed by atoms with Crippen molar-refractivity contribution < 1.29 is 4.74 Å². The van der Waals surface area contributed by atoms with Gasteiger partial charge in [0.15, 0.2) is 0 Å². The molecular formula is C13H15ClN4O. The number of aromatic nitrogens is 2. The molecule has 0 radical (unpaired) electrons. The van der Waals surface area contributed by atoms with Crippen LogP contribution in [0.15, 0.2) is 30.5 Å². The second kappa shape index (κ2) is 5.86. The van der Waals surface area contributed by atoms with Crippen molar-refractivity contribution in [2.45, 2.75) is 13.1 Å². The van der Waals surface area contributed by atoms with Crippen molar-refractivity contribution in [1.82, 2.24) is 15.3 Å². The van der Waals surface area contributed by atoms with E-state index in [0.29, 0.717) is 5.95 Å². The second-order valence-electron chi connectivity index (χ2n) is 4.13. The fourth-order valence-electron chi connectivity index (χ4n) is 1.95. The summed E-state index contributed by atoms with van der Waals surface area (Å²) in [6.07, 6.45) is 1.87. The Labute approximate surface area is 117 Å². The molecule has 1 aromatic carbocycles. The van der Waals surface area contributed by atoms with Gasteiger partial charge in [-0.25, -0.2) is 9.97 Å². The van der Waals surface area contributed by atoms with Gasteiger partial charge in [-0.15, -0.1) is 12.4 Å². The summed E-state index contributed by atoms with van der Waals surface area (Å²) in [5, 5.41) is 6.43. The average molecular weight is 279 g/mol. The lowest BCUT2D eigenvalue weighted by atomic mass is 10.3. The monoisotopic (exact) mass is 278 g/mol. The molecule has 0 bridgehead atoms. The number of nitrogens with zero attached hydrogens (tertiary/aromatic N) is 2. The van der Waals surface area contributed by atoms with Gasteiger partial charge in [0.25, 0.3) is 0 Å². The van der Waals surface area contributed by atoms with Gasteiger partial charge in [-0.05, 0) is 12.1 Å². The molecule has 2 N–H and O–H groups in total. The Morgan fingerprint density at radius 3 is 3.05 bits per heavy atom. The minimum absolute atomic E-state index is 0. The zero-order valence-electron chi connectivity index (χ0n) is 10.5. The molecule has 1 aliphatic heterocycles. The first-order chi connectivity index (χ1) is 8.85. The van der Waals surface area contributed by atoms with Crippen LogP contribution in [-0.2, 0) is 13.1 Å². The van der Waals surface area contributed by atoms with Gasteiger partial charge in [0.05, 0.1) is 12.8 Å².